The predicted octanol–water partition coefficient (Wildman–Crippen LogP) is 1.89. The van der Waals surface area contributed by atoms with Gasteiger partial charge < -0.3 is 0 Å². The van der Waals surface area contributed by atoms with Gasteiger partial charge in [0, 0.05) is 11.5 Å². The van der Waals surface area contributed by atoms with Crippen LogP contribution in [0, 0.1) is 0 Å². The molecule has 0 bridgehead atoms. The van der Waals surface area contributed by atoms with Crippen molar-refractivity contribution in [2.45, 2.75) is 6.42 Å². The number of hydrogen-bond acceptors (Lipinski definition) is 2. The van der Waals surface area contributed by atoms with Gasteiger partial charge in [0.25, 0.3) is 0 Å². The van der Waals surface area contributed by atoms with Gasteiger partial charge in [-0.05, 0) is 18.1 Å². The first-order valence-electron chi connectivity index (χ1n) is 4.81. The fraction of sp³-hybridized carbons (Fsp3) is 0.273. The van der Waals surface area contributed by atoms with Crippen molar-refractivity contribution in [3.63, 3.8) is 0 Å². The molecule has 0 amide bonds. The Morgan fingerprint density at radius 3 is 2.20 bits per heavy atom. The van der Waals surface area contributed by atoms with E-state index in [-0.39, 0.29) is 0 Å². The Bertz CT molecular complexity index is 405. The summed E-state index contributed by atoms with van der Waals surface area (Å²) in [6.07, 6.45) is 2.59. The van der Waals surface area contributed by atoms with Crippen LogP contribution in [-0.2, 0) is 21.6 Å². The molecule has 0 spiro atoms. The first kappa shape index (κ1) is 10.8. The second-order valence-electron chi connectivity index (χ2n) is 3.33. The lowest BCUT2D eigenvalue weighted by Gasteiger charge is -2.12. The van der Waals surface area contributed by atoms with E-state index in [2.05, 4.69) is 0 Å². The lowest BCUT2D eigenvalue weighted by molar-refractivity contribution is 0.677. The Morgan fingerprint density at radius 1 is 1.00 bits per heavy atom. The molecular formula is C11H12O2S2. The fourth-order valence-corrected chi connectivity index (χ4v) is 4.71. The number of benzene rings is 1. The van der Waals surface area contributed by atoms with Crippen LogP contribution in [0.15, 0.2) is 34.6 Å². The van der Waals surface area contributed by atoms with Crippen molar-refractivity contribution in [2.24, 2.45) is 0 Å². The largest absolute Gasteiger partial charge is 0.254 e. The maximum atomic E-state index is 11.7. The van der Waals surface area contributed by atoms with Crippen molar-refractivity contribution in [3.05, 3.63) is 40.1 Å². The molecule has 1 aliphatic rings. The second kappa shape index (κ2) is 4.86. The molecule has 1 aromatic carbocycles. The Kier molecular flexibility index (Phi) is 3.49. The van der Waals surface area contributed by atoms with E-state index in [0.29, 0.717) is 15.7 Å². The minimum Gasteiger partial charge on any atom is -0.254 e. The molecule has 0 aliphatic carbocycles. The summed E-state index contributed by atoms with van der Waals surface area (Å²) in [5.74, 6) is 1.29. The summed E-state index contributed by atoms with van der Waals surface area (Å²) >= 11 is 0. The molecule has 80 valence electrons. The van der Waals surface area contributed by atoms with Gasteiger partial charge in [-0.25, -0.2) is 0 Å². The summed E-state index contributed by atoms with van der Waals surface area (Å²) in [5.41, 5.74) is 0.969. The minimum atomic E-state index is -1.05. The van der Waals surface area contributed by atoms with Gasteiger partial charge in [0.15, 0.2) is 0 Å². The maximum Gasteiger partial charge on any atom is 0.103 e. The summed E-state index contributed by atoms with van der Waals surface area (Å²) in [4.78, 5) is 0. The van der Waals surface area contributed by atoms with Crippen molar-refractivity contribution in [1.82, 2.24) is 0 Å². The quantitative estimate of drug-likeness (QED) is 0.751. The molecule has 15 heavy (non-hydrogen) atoms. The van der Waals surface area contributed by atoms with E-state index in [1.54, 1.807) is 6.08 Å². The van der Waals surface area contributed by atoms with E-state index in [1.807, 2.05) is 30.3 Å². The van der Waals surface area contributed by atoms with Gasteiger partial charge in [-0.3, -0.25) is 8.42 Å². The monoisotopic (exact) mass is 240 g/mol. The van der Waals surface area contributed by atoms with Crippen LogP contribution in [0.1, 0.15) is 12.0 Å². The third-order valence-corrected chi connectivity index (χ3v) is 5.76. The van der Waals surface area contributed by atoms with Gasteiger partial charge >= 0.3 is 0 Å². The molecule has 0 N–H and O–H groups in total. The smallest absolute Gasteiger partial charge is 0.103 e. The standard InChI is InChI=1S/C11H12O2S2/c12-14-7-4-8-15(13)11(14)9-10-5-2-1-3-6-10/h1-3,5-6,9H,4,7-8H2/t14-,15-/m1/s1. The van der Waals surface area contributed by atoms with Crippen LogP contribution in [0.5, 0.6) is 0 Å². The van der Waals surface area contributed by atoms with Crippen LogP contribution in [0.3, 0.4) is 0 Å². The summed E-state index contributed by atoms with van der Waals surface area (Å²) < 4.78 is 23.9. The summed E-state index contributed by atoms with van der Waals surface area (Å²) in [5, 5.41) is 0. The molecule has 2 rings (SSSR count). The summed E-state index contributed by atoms with van der Waals surface area (Å²) in [6.45, 7) is 0. The molecule has 1 aromatic rings. The van der Waals surface area contributed by atoms with E-state index in [1.165, 1.54) is 0 Å². The van der Waals surface area contributed by atoms with Crippen LogP contribution in [0.25, 0.3) is 6.08 Å². The molecule has 1 saturated heterocycles. The van der Waals surface area contributed by atoms with Gasteiger partial charge in [0.1, 0.15) is 4.24 Å². The highest BCUT2D eigenvalue weighted by Crippen LogP contribution is 2.19. The summed E-state index contributed by atoms with van der Waals surface area (Å²) in [6, 6.07) is 9.62. The normalized spacial score (nSPS) is 26.3. The highest BCUT2D eigenvalue weighted by molar-refractivity contribution is 8.09. The van der Waals surface area contributed by atoms with Crippen molar-refractivity contribution in [1.29, 1.82) is 0 Å². The average Bonchev–Trinajstić information content (AvgIpc) is 2.25. The first-order valence-corrected chi connectivity index (χ1v) is 7.44. The molecule has 1 heterocycles. The maximum absolute atomic E-state index is 11.7. The molecular weight excluding hydrogens is 228 g/mol. The third kappa shape index (κ3) is 2.63. The Morgan fingerprint density at radius 2 is 1.60 bits per heavy atom. The SMILES string of the molecule is O=[S@@]1CCC[S@@](=O)C1=Cc1ccccc1. The van der Waals surface area contributed by atoms with Gasteiger partial charge in [0.2, 0.25) is 0 Å². The highest BCUT2D eigenvalue weighted by Gasteiger charge is 2.20. The Labute approximate surface area is 94.3 Å². The summed E-state index contributed by atoms with van der Waals surface area (Å²) in [7, 11) is -2.10. The number of rotatable bonds is 1. The molecule has 4 heteroatoms. The van der Waals surface area contributed by atoms with Gasteiger partial charge in [-0.1, -0.05) is 30.3 Å². The van der Waals surface area contributed by atoms with Gasteiger partial charge in [-0.15, -0.1) is 0 Å². The zero-order chi connectivity index (χ0) is 10.7. The Hall–Kier alpha value is -0.740. The average molecular weight is 240 g/mol. The Balaban J connectivity index is 2.32. The molecule has 1 aliphatic heterocycles. The van der Waals surface area contributed by atoms with Gasteiger partial charge in [-0.2, -0.15) is 0 Å². The predicted molar refractivity (Wildman–Crippen MR) is 65.1 cm³/mol. The van der Waals surface area contributed by atoms with Crippen LogP contribution in [0.4, 0.5) is 0 Å². The zero-order valence-electron chi connectivity index (χ0n) is 8.22. The van der Waals surface area contributed by atoms with E-state index in [9.17, 15) is 8.42 Å². The number of hydrogen-bond donors (Lipinski definition) is 0. The van der Waals surface area contributed by atoms with Crippen molar-refractivity contribution in [3.8, 4) is 0 Å². The first-order chi connectivity index (χ1) is 7.27. The second-order valence-corrected chi connectivity index (χ2v) is 6.66. The molecule has 2 atom stereocenters. The van der Waals surface area contributed by atoms with E-state index < -0.39 is 21.6 Å². The molecule has 0 aromatic heterocycles. The van der Waals surface area contributed by atoms with E-state index in [4.69, 9.17) is 0 Å². The van der Waals surface area contributed by atoms with Crippen LogP contribution in [0.2, 0.25) is 0 Å². The lowest BCUT2D eigenvalue weighted by Crippen LogP contribution is -2.16. The van der Waals surface area contributed by atoms with Crippen LogP contribution in [-0.4, -0.2) is 19.9 Å². The lowest BCUT2D eigenvalue weighted by atomic mass is 10.2. The van der Waals surface area contributed by atoms with Crippen molar-refractivity contribution in [2.75, 3.05) is 11.5 Å². The van der Waals surface area contributed by atoms with Crippen molar-refractivity contribution >= 4 is 27.7 Å². The van der Waals surface area contributed by atoms with E-state index in [0.717, 1.165) is 12.0 Å². The molecule has 0 radical (unpaired) electrons. The highest BCUT2D eigenvalue weighted by atomic mass is 32.2. The van der Waals surface area contributed by atoms with E-state index >= 15 is 0 Å². The topological polar surface area (TPSA) is 34.1 Å². The molecule has 0 saturated carbocycles. The minimum absolute atomic E-state index is 0.590. The van der Waals surface area contributed by atoms with Crippen LogP contribution < -0.4 is 0 Å². The van der Waals surface area contributed by atoms with Gasteiger partial charge in [0.05, 0.1) is 21.6 Å². The zero-order valence-corrected chi connectivity index (χ0v) is 9.85. The molecule has 1 fully saturated rings. The van der Waals surface area contributed by atoms with Crippen molar-refractivity contribution < 1.29 is 8.42 Å². The fourth-order valence-electron chi connectivity index (χ4n) is 1.44. The third-order valence-electron chi connectivity index (χ3n) is 2.19. The molecule has 2 nitrogen and oxygen atoms in total. The van der Waals surface area contributed by atoms with Crippen LogP contribution >= 0.6 is 0 Å². The molecule has 0 unspecified atom stereocenters.